The van der Waals surface area contributed by atoms with E-state index in [1.807, 2.05) is 17.0 Å². The maximum atomic E-state index is 13.1. The van der Waals surface area contributed by atoms with Crippen LogP contribution in [0.3, 0.4) is 0 Å². The van der Waals surface area contributed by atoms with Gasteiger partial charge in [-0.15, -0.1) is 10.2 Å². The number of nitrogens with zero attached hydrogens (tertiary/aromatic N) is 6. The molecule has 4 heterocycles. The van der Waals surface area contributed by atoms with Crippen LogP contribution in [0.25, 0.3) is 5.82 Å². The Balaban J connectivity index is 1.27. The Morgan fingerprint density at radius 2 is 1.60 bits per heavy atom. The number of ether oxygens (including phenoxy) is 2. The molecule has 2 aliphatic heterocycles. The maximum Gasteiger partial charge on any atom is 0.243 e. The minimum atomic E-state index is -3.61. The van der Waals surface area contributed by atoms with E-state index in [-0.39, 0.29) is 4.90 Å². The van der Waals surface area contributed by atoms with Gasteiger partial charge in [-0.2, -0.15) is 4.31 Å². The van der Waals surface area contributed by atoms with E-state index in [1.165, 1.54) is 10.4 Å². The third-order valence-electron chi connectivity index (χ3n) is 5.12. The molecule has 2 aromatic heterocycles. The number of imidazole rings is 1. The van der Waals surface area contributed by atoms with Gasteiger partial charge in [-0.1, -0.05) is 0 Å². The summed E-state index contributed by atoms with van der Waals surface area (Å²) >= 11 is 0. The van der Waals surface area contributed by atoms with Crippen LogP contribution in [0.15, 0.2) is 53.9 Å². The number of anilines is 1. The molecule has 5 rings (SSSR count). The Hall–Kier alpha value is -3.18. The van der Waals surface area contributed by atoms with E-state index in [4.69, 9.17) is 9.47 Å². The third kappa shape index (κ3) is 3.46. The van der Waals surface area contributed by atoms with Crippen LogP contribution in [0.5, 0.6) is 11.5 Å². The molecule has 1 fully saturated rings. The summed E-state index contributed by atoms with van der Waals surface area (Å²) in [4.78, 5) is 6.24. The molecule has 0 unspecified atom stereocenters. The number of hydrogen-bond acceptors (Lipinski definition) is 8. The Labute approximate surface area is 173 Å². The second kappa shape index (κ2) is 7.58. The van der Waals surface area contributed by atoms with E-state index in [0.717, 1.165) is 5.82 Å². The lowest BCUT2D eigenvalue weighted by molar-refractivity contribution is 0.171. The zero-order chi connectivity index (χ0) is 20.6. The van der Waals surface area contributed by atoms with Crippen molar-refractivity contribution in [3.8, 4) is 17.3 Å². The number of aromatic nitrogens is 4. The van der Waals surface area contributed by atoms with Crippen LogP contribution in [0.2, 0.25) is 0 Å². The van der Waals surface area contributed by atoms with Crippen molar-refractivity contribution in [3.63, 3.8) is 0 Å². The Morgan fingerprint density at radius 3 is 2.30 bits per heavy atom. The second-order valence-corrected chi connectivity index (χ2v) is 8.85. The van der Waals surface area contributed by atoms with Crippen LogP contribution >= 0.6 is 0 Å². The Bertz CT molecular complexity index is 1130. The van der Waals surface area contributed by atoms with Crippen molar-refractivity contribution in [2.75, 3.05) is 44.3 Å². The van der Waals surface area contributed by atoms with Crippen molar-refractivity contribution in [1.82, 2.24) is 24.1 Å². The number of benzene rings is 1. The van der Waals surface area contributed by atoms with Crippen LogP contribution in [-0.2, 0) is 10.0 Å². The molecular weight excluding hydrogens is 408 g/mol. The van der Waals surface area contributed by atoms with Crippen molar-refractivity contribution in [2.24, 2.45) is 0 Å². The van der Waals surface area contributed by atoms with Gasteiger partial charge >= 0.3 is 0 Å². The number of rotatable bonds is 4. The first kappa shape index (κ1) is 18.8. The SMILES string of the molecule is O=S(=O)(c1ccc2c(c1)OCCO2)N1CCN(c2ccc(-n3ccnc3)nn2)CC1. The topological polar surface area (TPSA) is 103 Å². The second-order valence-electron chi connectivity index (χ2n) is 6.92. The van der Waals surface area contributed by atoms with Gasteiger partial charge in [0.05, 0.1) is 4.90 Å². The van der Waals surface area contributed by atoms with E-state index < -0.39 is 10.0 Å². The highest BCUT2D eigenvalue weighted by Gasteiger charge is 2.30. The molecule has 1 aromatic carbocycles. The minimum absolute atomic E-state index is 0.213. The summed E-state index contributed by atoms with van der Waals surface area (Å²) < 4.78 is 40.4. The Kier molecular flexibility index (Phi) is 4.75. The normalized spacial score (nSPS) is 17.1. The molecule has 0 saturated carbocycles. The molecule has 156 valence electrons. The molecule has 10 nitrogen and oxygen atoms in total. The smallest absolute Gasteiger partial charge is 0.243 e. The van der Waals surface area contributed by atoms with Gasteiger partial charge in [0.1, 0.15) is 19.5 Å². The Morgan fingerprint density at radius 1 is 0.867 bits per heavy atom. The van der Waals surface area contributed by atoms with Gasteiger partial charge in [-0.3, -0.25) is 4.57 Å². The summed E-state index contributed by atoms with van der Waals surface area (Å²) in [5.74, 6) is 2.43. The molecule has 0 aliphatic carbocycles. The molecule has 11 heteroatoms. The van der Waals surface area contributed by atoms with Crippen LogP contribution in [-0.4, -0.2) is 71.9 Å². The first-order valence-electron chi connectivity index (χ1n) is 9.58. The molecule has 3 aromatic rings. The number of sulfonamides is 1. The van der Waals surface area contributed by atoms with Gasteiger partial charge < -0.3 is 14.4 Å². The summed E-state index contributed by atoms with van der Waals surface area (Å²) in [6.45, 7) is 2.66. The third-order valence-corrected chi connectivity index (χ3v) is 7.01. The number of hydrogen-bond donors (Lipinski definition) is 0. The summed E-state index contributed by atoms with van der Waals surface area (Å²) in [6.07, 6.45) is 5.13. The molecule has 0 atom stereocenters. The van der Waals surface area contributed by atoms with Crippen LogP contribution in [0.1, 0.15) is 0 Å². The standard InChI is InChI=1S/C19H20N6O4S/c26-30(27,15-1-2-16-17(13-15)29-12-11-28-16)25-9-7-23(8-10-25)18-3-4-19(22-21-18)24-6-5-20-14-24/h1-6,13-14H,7-12H2. The molecule has 0 radical (unpaired) electrons. The molecular formula is C19H20N6O4S. The molecule has 0 bridgehead atoms. The molecule has 0 amide bonds. The zero-order valence-electron chi connectivity index (χ0n) is 16.1. The van der Waals surface area contributed by atoms with Gasteiger partial charge in [-0.05, 0) is 24.3 Å². The molecule has 0 N–H and O–H groups in total. The van der Waals surface area contributed by atoms with E-state index in [1.54, 1.807) is 35.4 Å². The van der Waals surface area contributed by atoms with E-state index in [9.17, 15) is 8.42 Å². The highest BCUT2D eigenvalue weighted by Crippen LogP contribution is 2.33. The lowest BCUT2D eigenvalue weighted by atomic mass is 10.3. The maximum absolute atomic E-state index is 13.1. The van der Waals surface area contributed by atoms with Crippen molar-refractivity contribution < 1.29 is 17.9 Å². The summed E-state index contributed by atoms with van der Waals surface area (Å²) in [7, 11) is -3.61. The lowest BCUT2D eigenvalue weighted by Crippen LogP contribution is -2.49. The van der Waals surface area contributed by atoms with E-state index in [0.29, 0.717) is 56.7 Å². The van der Waals surface area contributed by atoms with Gasteiger partial charge in [0, 0.05) is 44.6 Å². The summed E-state index contributed by atoms with van der Waals surface area (Å²) in [5.41, 5.74) is 0. The van der Waals surface area contributed by atoms with Crippen LogP contribution < -0.4 is 14.4 Å². The van der Waals surface area contributed by atoms with Gasteiger partial charge in [0.25, 0.3) is 0 Å². The van der Waals surface area contributed by atoms with Crippen molar-refractivity contribution in [3.05, 3.63) is 49.1 Å². The van der Waals surface area contributed by atoms with Crippen molar-refractivity contribution in [2.45, 2.75) is 4.90 Å². The minimum Gasteiger partial charge on any atom is -0.486 e. The fourth-order valence-electron chi connectivity index (χ4n) is 3.51. The fraction of sp³-hybridized carbons (Fsp3) is 0.316. The van der Waals surface area contributed by atoms with Gasteiger partial charge in [0.15, 0.2) is 23.1 Å². The monoisotopic (exact) mass is 428 g/mol. The van der Waals surface area contributed by atoms with Gasteiger partial charge in [0.2, 0.25) is 10.0 Å². The molecule has 0 spiro atoms. The number of piperazine rings is 1. The highest BCUT2D eigenvalue weighted by atomic mass is 32.2. The van der Waals surface area contributed by atoms with Crippen LogP contribution in [0, 0.1) is 0 Å². The van der Waals surface area contributed by atoms with E-state index in [2.05, 4.69) is 15.2 Å². The van der Waals surface area contributed by atoms with Crippen molar-refractivity contribution >= 4 is 15.8 Å². The average Bonchev–Trinajstić information content (AvgIpc) is 3.34. The quantitative estimate of drug-likeness (QED) is 0.605. The first-order chi connectivity index (χ1) is 14.6. The fourth-order valence-corrected chi connectivity index (χ4v) is 4.95. The number of fused-ring (bicyclic) bond motifs is 1. The lowest BCUT2D eigenvalue weighted by Gasteiger charge is -2.34. The molecule has 30 heavy (non-hydrogen) atoms. The summed E-state index contributed by atoms with van der Waals surface area (Å²) in [6, 6.07) is 8.50. The first-order valence-corrected chi connectivity index (χ1v) is 11.0. The zero-order valence-corrected chi connectivity index (χ0v) is 16.9. The van der Waals surface area contributed by atoms with Crippen molar-refractivity contribution in [1.29, 1.82) is 0 Å². The van der Waals surface area contributed by atoms with E-state index >= 15 is 0 Å². The highest BCUT2D eigenvalue weighted by molar-refractivity contribution is 7.89. The molecule has 2 aliphatic rings. The molecule has 1 saturated heterocycles. The van der Waals surface area contributed by atoms with Crippen LogP contribution in [0.4, 0.5) is 5.82 Å². The summed E-state index contributed by atoms with van der Waals surface area (Å²) in [5, 5.41) is 8.51. The van der Waals surface area contributed by atoms with Gasteiger partial charge in [-0.25, -0.2) is 13.4 Å². The predicted molar refractivity (Wildman–Crippen MR) is 108 cm³/mol. The predicted octanol–water partition coefficient (Wildman–Crippen LogP) is 0.944. The largest absolute Gasteiger partial charge is 0.486 e. The average molecular weight is 428 g/mol.